The molecule has 0 unspecified atom stereocenters. The van der Waals surface area contributed by atoms with E-state index >= 15 is 0 Å². The van der Waals surface area contributed by atoms with Crippen molar-refractivity contribution in [1.82, 2.24) is 10.3 Å². The fourth-order valence-corrected chi connectivity index (χ4v) is 1.73. The smallest absolute Gasteiger partial charge is 0.251 e. The van der Waals surface area contributed by atoms with Crippen molar-refractivity contribution < 1.29 is 4.79 Å². The van der Waals surface area contributed by atoms with Gasteiger partial charge in [-0.3, -0.25) is 4.79 Å². The van der Waals surface area contributed by atoms with Crippen LogP contribution in [0.25, 0.3) is 10.9 Å². The first-order chi connectivity index (χ1) is 8.31. The number of carbonyl (C=O) groups excluding carboxylic acids is 1. The largest absolute Gasteiger partial charge is 0.361 e. The Bertz CT molecular complexity index is 540. The maximum atomic E-state index is 11.8. The van der Waals surface area contributed by atoms with E-state index in [1.165, 1.54) is 0 Å². The molecule has 88 valence electrons. The van der Waals surface area contributed by atoms with Crippen LogP contribution in [0, 0.1) is 0 Å². The molecule has 0 atom stereocenters. The third kappa shape index (κ3) is 2.75. The molecule has 2 rings (SSSR count). The second kappa shape index (κ2) is 5.34. The minimum Gasteiger partial charge on any atom is -0.361 e. The number of hydrogen-bond donors (Lipinski definition) is 2. The van der Waals surface area contributed by atoms with Crippen molar-refractivity contribution in [2.45, 2.75) is 13.3 Å². The molecule has 0 saturated heterocycles. The Kier molecular flexibility index (Phi) is 3.60. The van der Waals surface area contributed by atoms with Crippen LogP contribution in [0.3, 0.4) is 0 Å². The van der Waals surface area contributed by atoms with Crippen LogP contribution in [0.1, 0.15) is 23.7 Å². The Morgan fingerprint density at radius 2 is 2.29 bits per heavy atom. The molecule has 0 fully saturated rings. The molecule has 0 aliphatic carbocycles. The molecule has 0 saturated carbocycles. The van der Waals surface area contributed by atoms with Crippen LogP contribution < -0.4 is 5.32 Å². The van der Waals surface area contributed by atoms with Gasteiger partial charge in [0.25, 0.3) is 5.91 Å². The van der Waals surface area contributed by atoms with Crippen molar-refractivity contribution in [2.24, 2.45) is 0 Å². The molecule has 0 aliphatic rings. The summed E-state index contributed by atoms with van der Waals surface area (Å²) in [5, 5.41) is 3.95. The van der Waals surface area contributed by atoms with Crippen LogP contribution in [0.4, 0.5) is 0 Å². The Labute approximate surface area is 101 Å². The first-order valence-corrected chi connectivity index (χ1v) is 5.78. The third-order valence-corrected chi connectivity index (χ3v) is 2.65. The van der Waals surface area contributed by atoms with Crippen LogP contribution in [0.2, 0.25) is 0 Å². The summed E-state index contributed by atoms with van der Waals surface area (Å²) in [6.45, 7) is 2.65. The maximum absolute atomic E-state index is 11.8. The van der Waals surface area contributed by atoms with Crippen LogP contribution in [-0.4, -0.2) is 17.4 Å². The van der Waals surface area contributed by atoms with Gasteiger partial charge in [0.2, 0.25) is 0 Å². The summed E-state index contributed by atoms with van der Waals surface area (Å²) in [5.41, 5.74) is 1.76. The highest BCUT2D eigenvalue weighted by Gasteiger charge is 2.05. The van der Waals surface area contributed by atoms with Gasteiger partial charge >= 0.3 is 0 Å². The highest BCUT2D eigenvalue weighted by atomic mass is 16.1. The summed E-state index contributed by atoms with van der Waals surface area (Å²) in [4.78, 5) is 14.9. The Morgan fingerprint density at radius 3 is 3.12 bits per heavy atom. The number of aromatic nitrogens is 1. The zero-order valence-electron chi connectivity index (χ0n) is 9.86. The molecule has 2 N–H and O–H groups in total. The van der Waals surface area contributed by atoms with Gasteiger partial charge in [0.15, 0.2) is 0 Å². The number of carbonyl (C=O) groups is 1. The monoisotopic (exact) mass is 228 g/mol. The summed E-state index contributed by atoms with van der Waals surface area (Å²) in [6.07, 6.45) is 6.76. The fourth-order valence-electron chi connectivity index (χ4n) is 1.73. The summed E-state index contributed by atoms with van der Waals surface area (Å²) >= 11 is 0. The van der Waals surface area contributed by atoms with E-state index in [1.54, 1.807) is 0 Å². The first kappa shape index (κ1) is 11.5. The number of amides is 1. The lowest BCUT2D eigenvalue weighted by Gasteiger charge is -2.03. The lowest BCUT2D eigenvalue weighted by Crippen LogP contribution is -2.23. The fraction of sp³-hybridized carbons (Fsp3) is 0.214. The van der Waals surface area contributed by atoms with E-state index in [2.05, 4.69) is 10.3 Å². The molecule has 17 heavy (non-hydrogen) atoms. The van der Waals surface area contributed by atoms with E-state index in [0.717, 1.165) is 17.3 Å². The maximum Gasteiger partial charge on any atom is 0.251 e. The van der Waals surface area contributed by atoms with E-state index in [4.69, 9.17) is 0 Å². The molecule has 0 aliphatic heterocycles. The molecule has 1 aromatic heterocycles. The number of aromatic amines is 1. The number of rotatable bonds is 4. The SMILES string of the molecule is C/C=C/CCNC(=O)c1ccc2[nH]ccc2c1. The summed E-state index contributed by atoms with van der Waals surface area (Å²) < 4.78 is 0. The molecule has 0 bridgehead atoms. The van der Waals surface area contributed by atoms with Crippen LogP contribution in [0.5, 0.6) is 0 Å². The van der Waals surface area contributed by atoms with Gasteiger partial charge in [-0.1, -0.05) is 12.2 Å². The molecule has 1 amide bonds. The van der Waals surface area contributed by atoms with Gasteiger partial charge in [-0.25, -0.2) is 0 Å². The molecular formula is C14H16N2O. The normalized spacial score (nSPS) is 11.1. The van der Waals surface area contributed by atoms with Gasteiger partial charge in [-0.05, 0) is 37.6 Å². The van der Waals surface area contributed by atoms with Crippen molar-refractivity contribution in [3.8, 4) is 0 Å². The number of H-pyrrole nitrogens is 1. The second-order valence-electron chi connectivity index (χ2n) is 3.89. The predicted molar refractivity (Wildman–Crippen MR) is 70.1 cm³/mol. The Hall–Kier alpha value is -2.03. The highest BCUT2D eigenvalue weighted by molar-refractivity contribution is 5.98. The number of fused-ring (bicyclic) bond motifs is 1. The van der Waals surface area contributed by atoms with Gasteiger partial charge in [0.05, 0.1) is 0 Å². The van der Waals surface area contributed by atoms with E-state index in [9.17, 15) is 4.79 Å². The minimum atomic E-state index is -0.0161. The van der Waals surface area contributed by atoms with Gasteiger partial charge in [-0.15, -0.1) is 0 Å². The molecule has 1 aromatic carbocycles. The molecule has 3 heteroatoms. The third-order valence-electron chi connectivity index (χ3n) is 2.65. The van der Waals surface area contributed by atoms with E-state index in [0.29, 0.717) is 12.1 Å². The average molecular weight is 228 g/mol. The average Bonchev–Trinajstić information content (AvgIpc) is 2.81. The molecule has 1 heterocycles. The Balaban J connectivity index is 2.03. The highest BCUT2D eigenvalue weighted by Crippen LogP contribution is 2.14. The molecule has 0 spiro atoms. The van der Waals surface area contributed by atoms with Crippen molar-refractivity contribution in [2.75, 3.05) is 6.54 Å². The summed E-state index contributed by atoms with van der Waals surface area (Å²) in [7, 11) is 0. The topological polar surface area (TPSA) is 44.9 Å². The number of allylic oxidation sites excluding steroid dienone is 1. The number of nitrogens with one attached hydrogen (secondary N) is 2. The van der Waals surface area contributed by atoms with Crippen LogP contribution in [0.15, 0.2) is 42.6 Å². The lowest BCUT2D eigenvalue weighted by atomic mass is 10.1. The molecule has 3 nitrogen and oxygen atoms in total. The molecule has 0 radical (unpaired) electrons. The zero-order valence-corrected chi connectivity index (χ0v) is 9.86. The van der Waals surface area contributed by atoms with Gasteiger partial charge < -0.3 is 10.3 Å². The molecule has 2 aromatic rings. The summed E-state index contributed by atoms with van der Waals surface area (Å²) in [5.74, 6) is -0.0161. The van der Waals surface area contributed by atoms with Gasteiger partial charge in [0, 0.05) is 29.2 Å². The lowest BCUT2D eigenvalue weighted by molar-refractivity contribution is 0.0954. The van der Waals surface area contributed by atoms with Crippen LogP contribution in [-0.2, 0) is 0 Å². The van der Waals surface area contributed by atoms with E-state index < -0.39 is 0 Å². The first-order valence-electron chi connectivity index (χ1n) is 5.78. The minimum absolute atomic E-state index is 0.0161. The predicted octanol–water partition coefficient (Wildman–Crippen LogP) is 2.86. The van der Waals surface area contributed by atoms with Crippen molar-refractivity contribution in [3.63, 3.8) is 0 Å². The van der Waals surface area contributed by atoms with Gasteiger partial charge in [-0.2, -0.15) is 0 Å². The van der Waals surface area contributed by atoms with E-state index in [1.807, 2.05) is 49.5 Å². The number of hydrogen-bond acceptors (Lipinski definition) is 1. The summed E-state index contributed by atoms with van der Waals surface area (Å²) in [6, 6.07) is 7.63. The Morgan fingerprint density at radius 1 is 1.41 bits per heavy atom. The zero-order chi connectivity index (χ0) is 12.1. The van der Waals surface area contributed by atoms with Crippen LogP contribution >= 0.6 is 0 Å². The van der Waals surface area contributed by atoms with Crippen molar-refractivity contribution >= 4 is 16.8 Å². The van der Waals surface area contributed by atoms with Crippen molar-refractivity contribution in [3.05, 3.63) is 48.2 Å². The number of benzene rings is 1. The van der Waals surface area contributed by atoms with E-state index in [-0.39, 0.29) is 5.91 Å². The second-order valence-corrected chi connectivity index (χ2v) is 3.89. The quantitative estimate of drug-likeness (QED) is 0.613. The van der Waals surface area contributed by atoms with Gasteiger partial charge in [0.1, 0.15) is 0 Å². The molecular weight excluding hydrogens is 212 g/mol. The van der Waals surface area contributed by atoms with Crippen molar-refractivity contribution in [1.29, 1.82) is 0 Å². The standard InChI is InChI=1S/C14H16N2O/c1-2-3-4-8-16-14(17)12-5-6-13-11(10-12)7-9-15-13/h2-3,5-7,9-10,15H,4,8H2,1H3,(H,16,17)/b3-2+.